The molecular weight excluding hydrogens is 498 g/mol. The maximum Gasteiger partial charge on any atom is 0.240 e. The summed E-state index contributed by atoms with van der Waals surface area (Å²) in [6.07, 6.45) is 1.02. The number of nitrogens with zero attached hydrogens (tertiary/aromatic N) is 1. The number of nitrogens with one attached hydrogen (secondary N) is 1. The van der Waals surface area contributed by atoms with Gasteiger partial charge in [-0.25, -0.2) is 8.42 Å². The van der Waals surface area contributed by atoms with E-state index in [0.717, 1.165) is 16.1 Å². The Labute approximate surface area is 194 Å². The monoisotopic (exact) mass is 514 g/mol. The molecule has 0 aliphatic rings. The lowest BCUT2D eigenvalue weighted by molar-refractivity contribution is -0.119. The predicted molar refractivity (Wildman–Crippen MR) is 124 cm³/mol. The molecule has 1 N–H and O–H groups in total. The number of amides is 1. The maximum absolute atomic E-state index is 12.2. The average Bonchev–Trinajstić information content (AvgIpc) is 2.62. The lowest BCUT2D eigenvalue weighted by Crippen LogP contribution is -2.41. The van der Waals surface area contributed by atoms with E-state index >= 15 is 0 Å². The molecule has 2 aromatic carbocycles. The van der Waals surface area contributed by atoms with Gasteiger partial charge < -0.3 is 5.32 Å². The van der Waals surface area contributed by atoms with Crippen molar-refractivity contribution < 1.29 is 13.2 Å². The zero-order chi connectivity index (χ0) is 21.6. The van der Waals surface area contributed by atoms with Gasteiger partial charge in [-0.1, -0.05) is 52.5 Å². The third-order valence-corrected chi connectivity index (χ3v) is 7.19. The van der Waals surface area contributed by atoms with Gasteiger partial charge in [0.2, 0.25) is 15.9 Å². The Morgan fingerprint density at radius 3 is 2.38 bits per heavy atom. The summed E-state index contributed by atoms with van der Waals surface area (Å²) < 4.78 is 25.2. The lowest BCUT2D eigenvalue weighted by atomic mass is 10.2. The Hall–Kier alpha value is -0.830. The van der Waals surface area contributed by atoms with Crippen molar-refractivity contribution in [1.82, 2.24) is 5.32 Å². The summed E-state index contributed by atoms with van der Waals surface area (Å²) in [5.41, 5.74) is 1.22. The molecule has 0 atom stereocenters. The summed E-state index contributed by atoms with van der Waals surface area (Å²) in [4.78, 5) is 12.2. The Balaban J connectivity index is 1.86. The van der Waals surface area contributed by atoms with Gasteiger partial charge in [0.15, 0.2) is 0 Å². The molecule has 2 rings (SSSR count). The smallest absolute Gasteiger partial charge is 0.240 e. The van der Waals surface area contributed by atoms with Crippen molar-refractivity contribution in [2.75, 3.05) is 29.4 Å². The molecule has 11 heteroatoms. The number of rotatable bonds is 9. The summed E-state index contributed by atoms with van der Waals surface area (Å²) in [6.45, 7) is 0.0260. The molecule has 0 spiro atoms. The van der Waals surface area contributed by atoms with Gasteiger partial charge in [-0.3, -0.25) is 9.10 Å². The van der Waals surface area contributed by atoms with E-state index in [2.05, 4.69) is 5.32 Å². The van der Waals surface area contributed by atoms with E-state index in [9.17, 15) is 13.2 Å². The summed E-state index contributed by atoms with van der Waals surface area (Å²) in [6, 6.07) is 9.70. The van der Waals surface area contributed by atoms with Crippen LogP contribution in [0.25, 0.3) is 0 Å². The number of halogens is 4. The first-order valence-electron chi connectivity index (χ1n) is 8.29. The van der Waals surface area contributed by atoms with Crippen LogP contribution in [-0.2, 0) is 20.6 Å². The normalized spacial score (nSPS) is 11.3. The summed E-state index contributed by atoms with van der Waals surface area (Å²) in [5, 5.41) is 4.39. The van der Waals surface area contributed by atoms with Gasteiger partial charge in [-0.05, 0) is 35.9 Å². The van der Waals surface area contributed by atoms with Gasteiger partial charge in [0.05, 0.1) is 22.0 Å². The number of sulfonamides is 1. The van der Waals surface area contributed by atoms with Crippen LogP contribution in [0.1, 0.15) is 5.56 Å². The molecule has 29 heavy (non-hydrogen) atoms. The van der Waals surface area contributed by atoms with Crippen molar-refractivity contribution in [1.29, 1.82) is 0 Å². The third-order valence-electron chi connectivity index (χ3n) is 3.72. The van der Waals surface area contributed by atoms with E-state index in [-0.39, 0.29) is 17.3 Å². The standard InChI is InChI=1S/C18H18Cl4N2O3S2/c1-29(26,27)24(14-4-5-15(20)17(22)9-14)10-18(25)23-6-7-28-11-12-2-3-13(19)8-16(12)21/h2-5,8-9H,6-7,10-11H2,1H3,(H,23,25). The number of benzene rings is 2. The largest absolute Gasteiger partial charge is 0.354 e. The molecule has 0 saturated carbocycles. The average molecular weight is 516 g/mol. The van der Waals surface area contributed by atoms with E-state index in [1.807, 2.05) is 6.07 Å². The minimum absolute atomic E-state index is 0.204. The van der Waals surface area contributed by atoms with Crippen LogP contribution >= 0.6 is 58.2 Å². The van der Waals surface area contributed by atoms with Gasteiger partial charge in [-0.15, -0.1) is 0 Å². The fourth-order valence-corrected chi connectivity index (χ4v) is 4.87. The van der Waals surface area contributed by atoms with Gasteiger partial charge in [0, 0.05) is 28.1 Å². The molecule has 1 amide bonds. The van der Waals surface area contributed by atoms with E-state index in [4.69, 9.17) is 46.4 Å². The third kappa shape index (κ3) is 7.74. The lowest BCUT2D eigenvalue weighted by Gasteiger charge is -2.22. The Bertz CT molecular complexity index is 987. The molecule has 158 valence electrons. The number of anilines is 1. The molecule has 2 aromatic rings. The first kappa shape index (κ1) is 24.4. The van der Waals surface area contributed by atoms with Crippen molar-refractivity contribution in [3.63, 3.8) is 0 Å². The van der Waals surface area contributed by atoms with Gasteiger partial charge in [0.1, 0.15) is 6.54 Å². The number of hydrogen-bond donors (Lipinski definition) is 1. The van der Waals surface area contributed by atoms with Crippen molar-refractivity contribution in [2.24, 2.45) is 0 Å². The molecule has 5 nitrogen and oxygen atoms in total. The van der Waals surface area contributed by atoms with Crippen molar-refractivity contribution in [3.8, 4) is 0 Å². The van der Waals surface area contributed by atoms with Crippen LogP contribution in [-0.4, -0.2) is 39.4 Å². The van der Waals surface area contributed by atoms with Crippen LogP contribution in [0.3, 0.4) is 0 Å². The second-order valence-electron chi connectivity index (χ2n) is 6.01. The molecule has 0 unspecified atom stereocenters. The zero-order valence-corrected chi connectivity index (χ0v) is 19.9. The topological polar surface area (TPSA) is 66.5 Å². The Morgan fingerprint density at radius 2 is 1.76 bits per heavy atom. The van der Waals surface area contributed by atoms with E-state index in [1.54, 1.807) is 23.9 Å². The maximum atomic E-state index is 12.2. The molecular formula is C18H18Cl4N2O3S2. The van der Waals surface area contributed by atoms with Crippen LogP contribution in [0.15, 0.2) is 36.4 Å². The van der Waals surface area contributed by atoms with E-state index in [1.165, 1.54) is 18.2 Å². The van der Waals surface area contributed by atoms with Crippen LogP contribution in [0, 0.1) is 0 Å². The van der Waals surface area contributed by atoms with Gasteiger partial charge >= 0.3 is 0 Å². The highest BCUT2D eigenvalue weighted by molar-refractivity contribution is 7.98. The first-order chi connectivity index (χ1) is 13.6. The van der Waals surface area contributed by atoms with Gasteiger partial charge in [0.25, 0.3) is 0 Å². The zero-order valence-electron chi connectivity index (χ0n) is 15.3. The number of thioether (sulfide) groups is 1. The molecule has 0 heterocycles. The fraction of sp³-hybridized carbons (Fsp3) is 0.278. The Kier molecular flexibility index (Phi) is 9.25. The fourth-order valence-electron chi connectivity index (χ4n) is 2.31. The van der Waals surface area contributed by atoms with Crippen LogP contribution in [0.2, 0.25) is 20.1 Å². The molecule has 0 radical (unpaired) electrons. The summed E-state index contributed by atoms with van der Waals surface area (Å²) in [7, 11) is -3.68. The molecule has 0 fully saturated rings. The van der Waals surface area contributed by atoms with Crippen LogP contribution in [0.5, 0.6) is 0 Å². The molecule has 0 saturated heterocycles. The molecule has 0 aromatic heterocycles. The molecule has 0 aliphatic carbocycles. The minimum Gasteiger partial charge on any atom is -0.354 e. The van der Waals surface area contributed by atoms with Gasteiger partial charge in [-0.2, -0.15) is 11.8 Å². The van der Waals surface area contributed by atoms with Crippen molar-refractivity contribution in [3.05, 3.63) is 62.1 Å². The second kappa shape index (κ2) is 11.0. The Morgan fingerprint density at radius 1 is 1.03 bits per heavy atom. The van der Waals surface area contributed by atoms with Crippen LogP contribution in [0.4, 0.5) is 5.69 Å². The second-order valence-corrected chi connectivity index (χ2v) is 10.7. The molecule has 0 bridgehead atoms. The van der Waals surface area contributed by atoms with Crippen LogP contribution < -0.4 is 9.62 Å². The number of carbonyl (C=O) groups is 1. The summed E-state index contributed by atoms with van der Waals surface area (Å²) >= 11 is 25.4. The number of hydrogen-bond acceptors (Lipinski definition) is 4. The van der Waals surface area contributed by atoms with E-state index in [0.29, 0.717) is 33.1 Å². The first-order valence-corrected chi connectivity index (χ1v) is 12.8. The highest BCUT2D eigenvalue weighted by atomic mass is 35.5. The predicted octanol–water partition coefficient (Wildman–Crippen LogP) is 5.12. The minimum atomic E-state index is -3.68. The summed E-state index contributed by atoms with van der Waals surface area (Å²) in [5.74, 6) is 0.882. The van der Waals surface area contributed by atoms with Crippen molar-refractivity contribution in [2.45, 2.75) is 5.75 Å². The highest BCUT2D eigenvalue weighted by Gasteiger charge is 2.21. The van der Waals surface area contributed by atoms with E-state index < -0.39 is 15.9 Å². The van der Waals surface area contributed by atoms with Crippen molar-refractivity contribution >= 4 is 79.8 Å². The SMILES string of the molecule is CS(=O)(=O)N(CC(=O)NCCSCc1ccc(Cl)cc1Cl)c1ccc(Cl)c(Cl)c1. The quantitative estimate of drug-likeness (QED) is 0.471. The molecule has 0 aliphatic heterocycles. The highest BCUT2D eigenvalue weighted by Crippen LogP contribution is 2.28. The number of carbonyl (C=O) groups excluding carboxylic acids is 1.